The smallest absolute Gasteiger partial charge is 0.319 e. The number of pyridine rings is 1. The lowest BCUT2D eigenvalue weighted by molar-refractivity contribution is 0.249. The van der Waals surface area contributed by atoms with Gasteiger partial charge in [-0.2, -0.15) is 0 Å². The van der Waals surface area contributed by atoms with E-state index in [1.807, 2.05) is 50.2 Å². The summed E-state index contributed by atoms with van der Waals surface area (Å²) in [4.78, 5) is 16.2. The van der Waals surface area contributed by atoms with Crippen molar-refractivity contribution in [2.45, 2.75) is 19.9 Å². The van der Waals surface area contributed by atoms with E-state index in [0.29, 0.717) is 12.3 Å². The number of amides is 2. The van der Waals surface area contributed by atoms with Gasteiger partial charge < -0.3 is 15.4 Å². The average Bonchev–Trinajstić information content (AvgIpc) is 2.48. The van der Waals surface area contributed by atoms with Gasteiger partial charge in [-0.05, 0) is 38.1 Å². The number of urea groups is 1. The third-order valence-electron chi connectivity index (χ3n) is 2.88. The monoisotopic (exact) mass is 285 g/mol. The molecular formula is C16H19N3O2. The van der Waals surface area contributed by atoms with Crippen LogP contribution in [0.1, 0.15) is 25.6 Å². The quantitative estimate of drug-likeness (QED) is 0.885. The Morgan fingerprint density at radius 1 is 1.29 bits per heavy atom. The minimum absolute atomic E-state index is 0.165. The lowest BCUT2D eigenvalue weighted by Crippen LogP contribution is -2.31. The third kappa shape index (κ3) is 4.49. The second-order valence-corrected chi connectivity index (χ2v) is 4.54. The molecule has 0 saturated heterocycles. The molecule has 2 amide bonds. The van der Waals surface area contributed by atoms with Crippen LogP contribution >= 0.6 is 0 Å². The van der Waals surface area contributed by atoms with Crippen molar-refractivity contribution in [3.05, 3.63) is 54.4 Å². The zero-order valence-electron chi connectivity index (χ0n) is 12.2. The van der Waals surface area contributed by atoms with Gasteiger partial charge in [0.15, 0.2) is 0 Å². The molecule has 2 aromatic rings. The number of carbonyl (C=O) groups excluding carboxylic acids is 1. The number of rotatable bonds is 5. The van der Waals surface area contributed by atoms with Crippen molar-refractivity contribution in [3.8, 4) is 5.75 Å². The van der Waals surface area contributed by atoms with Gasteiger partial charge in [0, 0.05) is 18.0 Å². The van der Waals surface area contributed by atoms with Gasteiger partial charge in [-0.3, -0.25) is 4.98 Å². The minimum atomic E-state index is -0.276. The molecule has 0 spiro atoms. The fourth-order valence-electron chi connectivity index (χ4n) is 1.90. The number of hydrogen-bond donors (Lipinski definition) is 2. The Morgan fingerprint density at radius 2 is 2.14 bits per heavy atom. The van der Waals surface area contributed by atoms with Gasteiger partial charge in [0.1, 0.15) is 5.75 Å². The number of nitrogens with zero attached hydrogens (tertiary/aromatic N) is 1. The standard InChI is InChI=1S/C16H19N3O2/c1-3-21-14-8-6-7-13(11-14)19-16(20)18-12(2)15-9-4-5-10-17-15/h4-12H,3H2,1-2H3,(H2,18,19,20)/t12-/m0/s1. The molecule has 1 heterocycles. The van der Waals surface area contributed by atoms with Gasteiger partial charge in [0.25, 0.3) is 0 Å². The summed E-state index contributed by atoms with van der Waals surface area (Å²) in [5.41, 5.74) is 1.50. The van der Waals surface area contributed by atoms with Crippen molar-refractivity contribution >= 4 is 11.7 Å². The Kier molecular flexibility index (Phi) is 5.15. The maximum Gasteiger partial charge on any atom is 0.319 e. The number of ether oxygens (including phenoxy) is 1. The lowest BCUT2D eigenvalue weighted by Gasteiger charge is -2.14. The van der Waals surface area contributed by atoms with Crippen molar-refractivity contribution in [2.24, 2.45) is 0 Å². The van der Waals surface area contributed by atoms with E-state index in [9.17, 15) is 4.79 Å². The van der Waals surface area contributed by atoms with Crippen LogP contribution in [0, 0.1) is 0 Å². The SMILES string of the molecule is CCOc1cccc(NC(=O)N[C@@H](C)c2ccccn2)c1. The summed E-state index contributed by atoms with van der Waals surface area (Å²) in [7, 11) is 0. The average molecular weight is 285 g/mol. The van der Waals surface area contributed by atoms with E-state index in [2.05, 4.69) is 15.6 Å². The molecule has 2 rings (SSSR count). The molecule has 5 nitrogen and oxygen atoms in total. The summed E-state index contributed by atoms with van der Waals surface area (Å²) < 4.78 is 5.40. The van der Waals surface area contributed by atoms with Gasteiger partial charge in [-0.15, -0.1) is 0 Å². The number of aromatic nitrogens is 1. The molecule has 0 saturated carbocycles. The van der Waals surface area contributed by atoms with Gasteiger partial charge in [-0.25, -0.2) is 4.79 Å². The van der Waals surface area contributed by atoms with Crippen molar-refractivity contribution in [1.82, 2.24) is 10.3 Å². The van der Waals surface area contributed by atoms with Crippen LogP contribution in [0.5, 0.6) is 5.75 Å². The highest BCUT2D eigenvalue weighted by atomic mass is 16.5. The molecule has 0 radical (unpaired) electrons. The van der Waals surface area contributed by atoms with Crippen LogP contribution < -0.4 is 15.4 Å². The number of anilines is 1. The van der Waals surface area contributed by atoms with Gasteiger partial charge in [-0.1, -0.05) is 12.1 Å². The Balaban J connectivity index is 1.94. The first-order valence-electron chi connectivity index (χ1n) is 6.90. The molecular weight excluding hydrogens is 266 g/mol. The topological polar surface area (TPSA) is 63.2 Å². The first kappa shape index (κ1) is 14.8. The minimum Gasteiger partial charge on any atom is -0.494 e. The predicted octanol–water partition coefficient (Wildman–Crippen LogP) is 3.36. The van der Waals surface area contributed by atoms with Crippen LogP contribution in [0.25, 0.3) is 0 Å². The number of nitrogens with one attached hydrogen (secondary N) is 2. The van der Waals surface area contributed by atoms with Crippen LogP contribution in [0.2, 0.25) is 0 Å². The number of carbonyl (C=O) groups is 1. The maximum absolute atomic E-state index is 12.0. The summed E-state index contributed by atoms with van der Waals surface area (Å²) >= 11 is 0. The molecule has 0 aliphatic heterocycles. The van der Waals surface area contributed by atoms with Crippen LogP contribution in [0.4, 0.5) is 10.5 Å². The van der Waals surface area contributed by atoms with E-state index >= 15 is 0 Å². The zero-order chi connectivity index (χ0) is 15.1. The Morgan fingerprint density at radius 3 is 2.86 bits per heavy atom. The first-order valence-corrected chi connectivity index (χ1v) is 6.90. The molecule has 2 N–H and O–H groups in total. The largest absolute Gasteiger partial charge is 0.494 e. The first-order chi connectivity index (χ1) is 10.2. The molecule has 1 atom stereocenters. The van der Waals surface area contributed by atoms with Crippen molar-refractivity contribution < 1.29 is 9.53 Å². The normalized spacial score (nSPS) is 11.5. The highest BCUT2D eigenvalue weighted by Crippen LogP contribution is 2.17. The molecule has 0 bridgehead atoms. The maximum atomic E-state index is 12.0. The number of hydrogen-bond acceptors (Lipinski definition) is 3. The van der Waals surface area contributed by atoms with E-state index in [4.69, 9.17) is 4.74 Å². The molecule has 0 unspecified atom stereocenters. The zero-order valence-corrected chi connectivity index (χ0v) is 12.2. The molecule has 21 heavy (non-hydrogen) atoms. The van der Waals surface area contributed by atoms with E-state index in [1.54, 1.807) is 12.3 Å². The molecule has 5 heteroatoms. The van der Waals surface area contributed by atoms with Crippen molar-refractivity contribution in [1.29, 1.82) is 0 Å². The molecule has 0 aliphatic rings. The summed E-state index contributed by atoms with van der Waals surface area (Å²) in [6.07, 6.45) is 1.71. The van der Waals surface area contributed by atoms with Crippen LogP contribution in [0.15, 0.2) is 48.7 Å². The van der Waals surface area contributed by atoms with Crippen LogP contribution in [-0.4, -0.2) is 17.6 Å². The Labute approximate surface area is 124 Å². The van der Waals surface area contributed by atoms with Crippen molar-refractivity contribution in [3.63, 3.8) is 0 Å². The van der Waals surface area contributed by atoms with E-state index in [0.717, 1.165) is 11.4 Å². The van der Waals surface area contributed by atoms with Crippen LogP contribution in [-0.2, 0) is 0 Å². The second kappa shape index (κ2) is 7.28. The van der Waals surface area contributed by atoms with Gasteiger partial charge >= 0.3 is 6.03 Å². The van der Waals surface area contributed by atoms with E-state index in [1.165, 1.54) is 0 Å². The van der Waals surface area contributed by atoms with E-state index < -0.39 is 0 Å². The Hall–Kier alpha value is -2.56. The summed E-state index contributed by atoms with van der Waals surface area (Å²) in [6, 6.07) is 12.5. The van der Waals surface area contributed by atoms with Gasteiger partial charge in [0.05, 0.1) is 18.3 Å². The predicted molar refractivity (Wildman–Crippen MR) is 82.4 cm³/mol. The number of benzene rings is 1. The second-order valence-electron chi connectivity index (χ2n) is 4.54. The summed E-state index contributed by atoms with van der Waals surface area (Å²) in [5, 5.41) is 5.63. The fraction of sp³-hybridized carbons (Fsp3) is 0.250. The molecule has 0 fully saturated rings. The molecule has 0 aliphatic carbocycles. The fourth-order valence-corrected chi connectivity index (χ4v) is 1.90. The van der Waals surface area contributed by atoms with Crippen LogP contribution in [0.3, 0.4) is 0 Å². The summed E-state index contributed by atoms with van der Waals surface area (Å²) in [6.45, 7) is 4.40. The summed E-state index contributed by atoms with van der Waals surface area (Å²) in [5.74, 6) is 0.730. The van der Waals surface area contributed by atoms with Crippen molar-refractivity contribution in [2.75, 3.05) is 11.9 Å². The third-order valence-corrected chi connectivity index (χ3v) is 2.88. The molecule has 1 aromatic heterocycles. The highest BCUT2D eigenvalue weighted by Gasteiger charge is 2.10. The molecule has 1 aromatic carbocycles. The molecule has 110 valence electrons. The highest BCUT2D eigenvalue weighted by molar-refractivity contribution is 5.89. The Bertz CT molecular complexity index is 587. The van der Waals surface area contributed by atoms with Gasteiger partial charge in [0.2, 0.25) is 0 Å². The van der Waals surface area contributed by atoms with E-state index in [-0.39, 0.29) is 12.1 Å². The lowest BCUT2D eigenvalue weighted by atomic mass is 10.2.